The van der Waals surface area contributed by atoms with Crippen molar-refractivity contribution in [3.05, 3.63) is 25.3 Å². The van der Waals surface area contributed by atoms with Crippen LogP contribution in [0.1, 0.15) is 38.5 Å². The van der Waals surface area contributed by atoms with Crippen molar-refractivity contribution in [1.82, 2.24) is 4.90 Å². The van der Waals surface area contributed by atoms with Gasteiger partial charge in [-0.1, -0.05) is 31.4 Å². The maximum Gasteiger partial charge on any atom is 0.328 e. The van der Waals surface area contributed by atoms with Crippen molar-refractivity contribution in [2.24, 2.45) is 0 Å². The molecule has 0 aromatic rings. The van der Waals surface area contributed by atoms with Crippen molar-refractivity contribution < 1.29 is 13.6 Å². The number of alkyl halides is 2. The second-order valence-corrected chi connectivity index (χ2v) is 4.74. The molecule has 0 bridgehead atoms. The van der Waals surface area contributed by atoms with Gasteiger partial charge in [-0.15, -0.1) is 13.2 Å². The lowest BCUT2D eigenvalue weighted by atomic mass is 9.93. The van der Waals surface area contributed by atoms with Gasteiger partial charge in [-0.2, -0.15) is 8.78 Å². The van der Waals surface area contributed by atoms with Crippen LogP contribution in [0.3, 0.4) is 0 Å². The van der Waals surface area contributed by atoms with E-state index in [4.69, 9.17) is 0 Å². The molecule has 1 aliphatic carbocycles. The van der Waals surface area contributed by atoms with Crippen LogP contribution in [0.5, 0.6) is 0 Å². The van der Waals surface area contributed by atoms with E-state index in [1.807, 2.05) is 0 Å². The molecule has 0 aliphatic heterocycles. The first-order valence-corrected chi connectivity index (χ1v) is 6.43. The highest BCUT2D eigenvalue weighted by Crippen LogP contribution is 2.28. The fraction of sp³-hybridized carbons (Fsp3) is 0.643. The molecule has 0 saturated heterocycles. The highest BCUT2D eigenvalue weighted by Gasteiger charge is 2.42. The lowest BCUT2D eigenvalue weighted by Gasteiger charge is -2.35. The first kappa shape index (κ1) is 14.9. The minimum absolute atomic E-state index is 0.0695. The summed E-state index contributed by atoms with van der Waals surface area (Å²) in [4.78, 5) is 13.2. The molecule has 1 fully saturated rings. The topological polar surface area (TPSA) is 20.3 Å². The highest BCUT2D eigenvalue weighted by molar-refractivity contribution is 5.84. The SMILES string of the molecule is C=CCN(C(=O)C(F)(F)CC=C)C1CCCCC1. The van der Waals surface area contributed by atoms with Gasteiger partial charge in [0.2, 0.25) is 0 Å². The zero-order valence-electron chi connectivity index (χ0n) is 10.7. The van der Waals surface area contributed by atoms with Crippen LogP contribution in [-0.2, 0) is 4.79 Å². The molecule has 4 heteroatoms. The molecule has 0 spiro atoms. The van der Waals surface area contributed by atoms with Gasteiger partial charge >= 0.3 is 5.92 Å². The average Bonchev–Trinajstić information content (AvgIpc) is 2.36. The van der Waals surface area contributed by atoms with E-state index in [2.05, 4.69) is 13.2 Å². The number of carbonyl (C=O) groups is 1. The van der Waals surface area contributed by atoms with Crippen molar-refractivity contribution in [2.75, 3.05) is 6.54 Å². The zero-order valence-corrected chi connectivity index (χ0v) is 10.7. The van der Waals surface area contributed by atoms with Crippen molar-refractivity contribution >= 4 is 5.91 Å². The third kappa shape index (κ3) is 3.65. The normalized spacial score (nSPS) is 17.2. The van der Waals surface area contributed by atoms with Crippen molar-refractivity contribution in [1.29, 1.82) is 0 Å². The fourth-order valence-corrected chi connectivity index (χ4v) is 2.41. The van der Waals surface area contributed by atoms with Crippen LogP contribution in [0.2, 0.25) is 0 Å². The summed E-state index contributed by atoms with van der Waals surface area (Å²) >= 11 is 0. The Hall–Kier alpha value is -1.19. The summed E-state index contributed by atoms with van der Waals surface area (Å²) < 4.78 is 27.3. The molecule has 2 nitrogen and oxygen atoms in total. The van der Waals surface area contributed by atoms with Gasteiger partial charge in [0.1, 0.15) is 0 Å². The fourth-order valence-electron chi connectivity index (χ4n) is 2.41. The van der Waals surface area contributed by atoms with Crippen molar-refractivity contribution in [3.8, 4) is 0 Å². The van der Waals surface area contributed by atoms with Gasteiger partial charge in [0, 0.05) is 19.0 Å². The minimum Gasteiger partial charge on any atom is -0.331 e. The number of halogens is 2. The third-order valence-electron chi connectivity index (χ3n) is 3.32. The summed E-state index contributed by atoms with van der Waals surface area (Å²) in [6.07, 6.45) is 6.73. The van der Waals surface area contributed by atoms with Crippen LogP contribution < -0.4 is 0 Å². The molecule has 0 aromatic carbocycles. The van der Waals surface area contributed by atoms with Crippen LogP contribution in [0, 0.1) is 0 Å². The van der Waals surface area contributed by atoms with Crippen LogP contribution in [0.15, 0.2) is 25.3 Å². The van der Waals surface area contributed by atoms with Gasteiger partial charge in [0.05, 0.1) is 0 Å². The number of rotatable bonds is 6. The first-order valence-electron chi connectivity index (χ1n) is 6.43. The quantitative estimate of drug-likeness (QED) is 0.666. The van der Waals surface area contributed by atoms with Gasteiger partial charge in [0.25, 0.3) is 5.91 Å². The molecule has 0 unspecified atom stereocenters. The molecule has 18 heavy (non-hydrogen) atoms. The van der Waals surface area contributed by atoms with E-state index in [0.29, 0.717) is 0 Å². The Morgan fingerprint density at radius 3 is 2.33 bits per heavy atom. The maximum atomic E-state index is 13.6. The summed E-state index contributed by atoms with van der Waals surface area (Å²) in [5.74, 6) is -4.43. The Balaban J connectivity index is 2.79. The summed E-state index contributed by atoms with van der Waals surface area (Å²) in [7, 11) is 0. The Kier molecular flexibility index (Phi) is 5.51. The standard InChI is InChI=1S/C14H21F2NO/c1-3-10-14(15,16)13(18)17(11-4-2)12-8-6-5-7-9-12/h3-4,12H,1-2,5-11H2. The second kappa shape index (κ2) is 6.66. The Bertz CT molecular complexity index is 309. The van der Waals surface area contributed by atoms with E-state index in [1.165, 1.54) is 11.0 Å². The number of hydrogen-bond acceptors (Lipinski definition) is 1. The lowest BCUT2D eigenvalue weighted by molar-refractivity contribution is -0.159. The monoisotopic (exact) mass is 257 g/mol. The van der Waals surface area contributed by atoms with Gasteiger partial charge in [0.15, 0.2) is 0 Å². The van der Waals surface area contributed by atoms with Gasteiger partial charge < -0.3 is 4.90 Å². The molecular weight excluding hydrogens is 236 g/mol. The van der Waals surface area contributed by atoms with Gasteiger partial charge in [-0.3, -0.25) is 4.79 Å². The van der Waals surface area contributed by atoms with Crippen molar-refractivity contribution in [2.45, 2.75) is 50.5 Å². The Morgan fingerprint density at radius 2 is 1.83 bits per heavy atom. The summed E-state index contributed by atoms with van der Waals surface area (Å²) in [5, 5.41) is 0. The number of carbonyl (C=O) groups excluding carboxylic acids is 1. The number of hydrogen-bond donors (Lipinski definition) is 0. The largest absolute Gasteiger partial charge is 0.331 e. The number of allylic oxidation sites excluding steroid dienone is 1. The molecule has 0 radical (unpaired) electrons. The van der Waals surface area contributed by atoms with Crippen LogP contribution in [-0.4, -0.2) is 29.3 Å². The maximum absolute atomic E-state index is 13.6. The van der Waals surface area contributed by atoms with E-state index in [-0.39, 0.29) is 12.6 Å². The summed E-state index contributed by atoms with van der Waals surface area (Å²) in [6.45, 7) is 7.01. The molecule has 0 aromatic heterocycles. The second-order valence-electron chi connectivity index (χ2n) is 4.74. The lowest BCUT2D eigenvalue weighted by Crippen LogP contribution is -2.49. The molecule has 0 heterocycles. The van der Waals surface area contributed by atoms with E-state index in [0.717, 1.165) is 38.2 Å². The number of nitrogens with zero attached hydrogens (tertiary/aromatic N) is 1. The molecular formula is C14H21F2NO. The molecule has 102 valence electrons. The highest BCUT2D eigenvalue weighted by atomic mass is 19.3. The van der Waals surface area contributed by atoms with Crippen molar-refractivity contribution in [3.63, 3.8) is 0 Å². The minimum atomic E-state index is -3.35. The van der Waals surface area contributed by atoms with E-state index in [9.17, 15) is 13.6 Å². The molecule has 0 N–H and O–H groups in total. The molecule has 1 amide bonds. The van der Waals surface area contributed by atoms with Gasteiger partial charge in [-0.25, -0.2) is 0 Å². The van der Waals surface area contributed by atoms with E-state index < -0.39 is 18.3 Å². The number of amides is 1. The Labute approximate surface area is 107 Å². The van der Waals surface area contributed by atoms with E-state index in [1.54, 1.807) is 0 Å². The molecule has 1 saturated carbocycles. The molecule has 0 atom stereocenters. The van der Waals surface area contributed by atoms with Crippen LogP contribution in [0.25, 0.3) is 0 Å². The average molecular weight is 257 g/mol. The molecule has 1 rings (SSSR count). The summed E-state index contributed by atoms with van der Waals surface area (Å²) in [6, 6.07) is -0.0695. The molecule has 1 aliphatic rings. The first-order chi connectivity index (χ1) is 8.53. The third-order valence-corrected chi connectivity index (χ3v) is 3.32. The van der Waals surface area contributed by atoms with E-state index >= 15 is 0 Å². The van der Waals surface area contributed by atoms with Crippen LogP contribution in [0.4, 0.5) is 8.78 Å². The smallest absolute Gasteiger partial charge is 0.328 e. The summed E-state index contributed by atoms with van der Waals surface area (Å²) in [5.41, 5.74) is 0. The van der Waals surface area contributed by atoms with Gasteiger partial charge in [-0.05, 0) is 12.8 Å². The Morgan fingerprint density at radius 1 is 1.22 bits per heavy atom. The predicted molar refractivity (Wildman–Crippen MR) is 68.5 cm³/mol. The van der Waals surface area contributed by atoms with Crippen LogP contribution >= 0.6 is 0 Å². The zero-order chi connectivity index (χ0) is 13.6. The predicted octanol–water partition coefficient (Wildman–Crippen LogP) is 3.55.